The Morgan fingerprint density at radius 2 is 0.895 bits per heavy atom. The summed E-state index contributed by atoms with van der Waals surface area (Å²) in [6.45, 7) is 0. The van der Waals surface area contributed by atoms with Gasteiger partial charge in [0.25, 0.3) is 0 Å². The molecule has 5 heteroatoms. The van der Waals surface area contributed by atoms with E-state index < -0.39 is 5.41 Å². The third-order valence-electron chi connectivity index (χ3n) is 11.7. The van der Waals surface area contributed by atoms with E-state index in [9.17, 15) is 0 Å². The van der Waals surface area contributed by atoms with Gasteiger partial charge in [-0.15, -0.1) is 0 Å². The highest BCUT2D eigenvalue weighted by Crippen LogP contribution is 2.62. The molecule has 0 saturated heterocycles. The third-order valence-corrected chi connectivity index (χ3v) is 11.7. The molecule has 0 saturated carbocycles. The first-order valence-electron chi connectivity index (χ1n) is 19.3. The molecule has 3 heterocycles. The van der Waals surface area contributed by atoms with Crippen molar-refractivity contribution < 1.29 is 4.74 Å². The number of hydrogen-bond acceptors (Lipinski definition) is 4. The van der Waals surface area contributed by atoms with Crippen molar-refractivity contribution >= 4 is 21.8 Å². The van der Waals surface area contributed by atoms with Gasteiger partial charge in [0.05, 0.1) is 16.4 Å². The molecular weight excluding hydrogens is 697 g/mol. The van der Waals surface area contributed by atoms with Crippen LogP contribution in [0.2, 0.25) is 0 Å². The molecular formula is C52H32N4O. The van der Waals surface area contributed by atoms with Gasteiger partial charge >= 0.3 is 0 Å². The van der Waals surface area contributed by atoms with Crippen LogP contribution in [0, 0.1) is 0 Å². The summed E-state index contributed by atoms with van der Waals surface area (Å²) in [7, 11) is 0. The van der Waals surface area contributed by atoms with Crippen LogP contribution in [0.1, 0.15) is 22.3 Å². The van der Waals surface area contributed by atoms with E-state index in [1.165, 1.54) is 22.3 Å². The zero-order valence-corrected chi connectivity index (χ0v) is 30.7. The van der Waals surface area contributed by atoms with Crippen LogP contribution >= 0.6 is 0 Å². The molecule has 0 N–H and O–H groups in total. The summed E-state index contributed by atoms with van der Waals surface area (Å²) >= 11 is 0. The molecule has 0 unspecified atom stereocenters. The standard InChI is InChI=1S/C52H32N4O/c1-3-15-33(16-4-1)49-53-50(34-17-5-2-6-18-34)55-51(54-49)35-27-30-46-40(31-35)39-20-8-12-24-45(39)56(46)36-28-29-38-37-19-7-9-21-41(37)52(44(38)32-36)42-22-10-13-25-47(42)57-48-26-14-11-23-43(48)52/h1-32H. The van der Waals surface area contributed by atoms with Gasteiger partial charge in [-0.25, -0.2) is 15.0 Å². The molecule has 12 rings (SSSR count). The van der Waals surface area contributed by atoms with E-state index in [1.54, 1.807) is 0 Å². The van der Waals surface area contributed by atoms with Crippen LogP contribution in [0.4, 0.5) is 0 Å². The van der Waals surface area contributed by atoms with Crippen molar-refractivity contribution in [3.05, 3.63) is 216 Å². The minimum atomic E-state index is -0.551. The van der Waals surface area contributed by atoms with E-state index in [-0.39, 0.29) is 0 Å². The number of benzene rings is 8. The Kier molecular flexibility index (Phi) is 6.78. The third kappa shape index (κ3) is 4.60. The van der Waals surface area contributed by atoms with Gasteiger partial charge in [0, 0.05) is 44.3 Å². The summed E-state index contributed by atoms with van der Waals surface area (Å²) in [5.41, 5.74) is 12.9. The highest BCUT2D eigenvalue weighted by molar-refractivity contribution is 6.10. The first-order valence-corrected chi connectivity index (χ1v) is 19.3. The molecule has 0 atom stereocenters. The Morgan fingerprint density at radius 3 is 1.58 bits per heavy atom. The highest BCUT2D eigenvalue weighted by atomic mass is 16.5. The zero-order valence-electron chi connectivity index (χ0n) is 30.7. The molecule has 0 fully saturated rings. The van der Waals surface area contributed by atoms with Crippen molar-refractivity contribution in [2.75, 3.05) is 0 Å². The van der Waals surface area contributed by atoms with E-state index in [1.807, 2.05) is 60.7 Å². The van der Waals surface area contributed by atoms with Gasteiger partial charge in [-0.05, 0) is 70.8 Å². The second-order valence-corrected chi connectivity index (χ2v) is 14.7. The van der Waals surface area contributed by atoms with Crippen molar-refractivity contribution in [1.29, 1.82) is 0 Å². The Hall–Kier alpha value is -7.63. The number of hydrogen-bond donors (Lipinski definition) is 0. The molecule has 2 aromatic heterocycles. The molecule has 2 aliphatic rings. The van der Waals surface area contributed by atoms with Gasteiger partial charge in [-0.2, -0.15) is 0 Å². The molecule has 1 aliphatic carbocycles. The Bertz CT molecular complexity index is 3120. The van der Waals surface area contributed by atoms with Gasteiger partial charge in [-0.3, -0.25) is 0 Å². The lowest BCUT2D eigenvalue weighted by Gasteiger charge is -2.39. The van der Waals surface area contributed by atoms with Crippen LogP contribution < -0.4 is 4.74 Å². The predicted molar refractivity (Wildman–Crippen MR) is 228 cm³/mol. The smallest absolute Gasteiger partial charge is 0.164 e. The summed E-state index contributed by atoms with van der Waals surface area (Å²) in [5.74, 6) is 3.70. The highest BCUT2D eigenvalue weighted by Gasteiger charge is 2.51. The number of rotatable bonds is 4. The molecule has 5 nitrogen and oxygen atoms in total. The number of ether oxygens (including phenoxy) is 1. The molecule has 1 spiro atoms. The number of nitrogens with zero attached hydrogens (tertiary/aromatic N) is 4. The van der Waals surface area contributed by atoms with E-state index in [0.717, 1.165) is 66.8 Å². The molecule has 57 heavy (non-hydrogen) atoms. The summed E-state index contributed by atoms with van der Waals surface area (Å²) in [6, 6.07) is 68.4. The fourth-order valence-electron chi connectivity index (χ4n) is 9.31. The Morgan fingerprint density at radius 1 is 0.368 bits per heavy atom. The molecule has 0 bridgehead atoms. The topological polar surface area (TPSA) is 52.8 Å². The van der Waals surface area contributed by atoms with Gasteiger partial charge in [0.1, 0.15) is 11.5 Å². The molecule has 0 radical (unpaired) electrons. The zero-order chi connectivity index (χ0) is 37.5. The number of aromatic nitrogens is 4. The van der Waals surface area contributed by atoms with Crippen LogP contribution in [-0.4, -0.2) is 19.5 Å². The SMILES string of the molecule is c1ccc(-c2nc(-c3ccccc3)nc(-c3ccc4c(c3)c3ccccc3n4-c3ccc4c(c3)C3(c5ccccc5Oc5ccccc53)c3ccccc3-4)n2)cc1. The first-order chi connectivity index (χ1) is 28.3. The number of fused-ring (bicyclic) bond motifs is 12. The second kappa shape index (κ2) is 12.2. The summed E-state index contributed by atoms with van der Waals surface area (Å²) in [4.78, 5) is 15.0. The summed E-state index contributed by atoms with van der Waals surface area (Å²) in [6.07, 6.45) is 0. The molecule has 10 aromatic rings. The van der Waals surface area contributed by atoms with Crippen LogP contribution in [0.15, 0.2) is 194 Å². The fourth-order valence-corrected chi connectivity index (χ4v) is 9.31. The van der Waals surface area contributed by atoms with Crippen LogP contribution in [0.25, 0.3) is 72.8 Å². The lowest BCUT2D eigenvalue weighted by molar-refractivity contribution is 0.436. The van der Waals surface area contributed by atoms with Crippen molar-refractivity contribution in [3.8, 4) is 62.5 Å². The van der Waals surface area contributed by atoms with E-state index >= 15 is 0 Å². The average molecular weight is 729 g/mol. The van der Waals surface area contributed by atoms with Crippen molar-refractivity contribution in [2.24, 2.45) is 0 Å². The van der Waals surface area contributed by atoms with E-state index in [2.05, 4.69) is 138 Å². The van der Waals surface area contributed by atoms with Gasteiger partial charge in [0.2, 0.25) is 0 Å². The maximum Gasteiger partial charge on any atom is 0.164 e. The van der Waals surface area contributed by atoms with E-state index in [0.29, 0.717) is 17.5 Å². The van der Waals surface area contributed by atoms with Crippen LogP contribution in [0.5, 0.6) is 11.5 Å². The molecule has 8 aromatic carbocycles. The minimum absolute atomic E-state index is 0.551. The quantitative estimate of drug-likeness (QED) is 0.181. The monoisotopic (exact) mass is 728 g/mol. The van der Waals surface area contributed by atoms with Crippen LogP contribution in [0.3, 0.4) is 0 Å². The lowest BCUT2D eigenvalue weighted by atomic mass is 9.66. The summed E-state index contributed by atoms with van der Waals surface area (Å²) < 4.78 is 9.01. The fraction of sp³-hybridized carbons (Fsp3) is 0.0192. The molecule has 1 aliphatic heterocycles. The van der Waals surface area contributed by atoms with Gasteiger partial charge in [-0.1, -0.05) is 146 Å². The lowest BCUT2D eigenvalue weighted by Crippen LogP contribution is -2.32. The van der Waals surface area contributed by atoms with Gasteiger partial charge in [0.15, 0.2) is 17.5 Å². The minimum Gasteiger partial charge on any atom is -0.457 e. The van der Waals surface area contributed by atoms with Gasteiger partial charge < -0.3 is 9.30 Å². The predicted octanol–water partition coefficient (Wildman–Crippen LogP) is 12.4. The Labute approximate surface area is 329 Å². The largest absolute Gasteiger partial charge is 0.457 e. The molecule has 266 valence electrons. The Balaban J connectivity index is 1.08. The van der Waals surface area contributed by atoms with E-state index in [4.69, 9.17) is 19.7 Å². The maximum atomic E-state index is 6.61. The van der Waals surface area contributed by atoms with Crippen LogP contribution in [-0.2, 0) is 5.41 Å². The number of para-hydroxylation sites is 3. The maximum absolute atomic E-state index is 6.61. The second-order valence-electron chi connectivity index (χ2n) is 14.7. The molecule has 0 amide bonds. The van der Waals surface area contributed by atoms with Crippen molar-refractivity contribution in [2.45, 2.75) is 5.41 Å². The summed E-state index contributed by atoms with van der Waals surface area (Å²) in [5, 5.41) is 2.29. The van der Waals surface area contributed by atoms with Crippen molar-refractivity contribution in [3.63, 3.8) is 0 Å². The normalized spacial score (nSPS) is 13.2. The average Bonchev–Trinajstić information content (AvgIpc) is 3.77. The van der Waals surface area contributed by atoms with Crippen molar-refractivity contribution in [1.82, 2.24) is 19.5 Å². The first kappa shape index (κ1) is 31.7.